The number of nitrogens with zero attached hydrogens (tertiary/aromatic N) is 5. The smallest absolute Gasteiger partial charge is 0.204 e. The van der Waals surface area contributed by atoms with Gasteiger partial charge in [-0.1, -0.05) is 25.5 Å². The number of hydrogen-bond donors (Lipinski definition) is 0. The lowest BCUT2D eigenvalue weighted by molar-refractivity contribution is 0.612. The summed E-state index contributed by atoms with van der Waals surface area (Å²) in [5, 5.41) is 8.29. The zero-order valence-electron chi connectivity index (χ0n) is 12.1. The van der Waals surface area contributed by atoms with E-state index in [9.17, 15) is 0 Å². The van der Waals surface area contributed by atoms with Crippen molar-refractivity contribution in [3.63, 3.8) is 0 Å². The van der Waals surface area contributed by atoms with Gasteiger partial charge in [-0.3, -0.25) is 4.40 Å². The first-order chi connectivity index (χ1) is 9.72. The lowest BCUT2D eigenvalue weighted by Gasteiger charge is -2.26. The van der Waals surface area contributed by atoms with Crippen LogP contribution in [0, 0.1) is 0 Å². The Kier molecular flexibility index (Phi) is 3.26. The molecule has 0 spiro atoms. The highest BCUT2D eigenvalue weighted by molar-refractivity contribution is 5.82. The fourth-order valence-electron chi connectivity index (χ4n) is 2.55. The average Bonchev–Trinajstić information content (AvgIpc) is 2.95. The molecule has 104 valence electrons. The summed E-state index contributed by atoms with van der Waals surface area (Å²) < 4.78 is 2.01. The number of fused-ring (bicyclic) bond motifs is 3. The van der Waals surface area contributed by atoms with E-state index in [0.717, 1.165) is 35.3 Å². The summed E-state index contributed by atoms with van der Waals surface area (Å²) >= 11 is 0. The van der Waals surface area contributed by atoms with Crippen molar-refractivity contribution in [3.05, 3.63) is 30.6 Å². The summed E-state index contributed by atoms with van der Waals surface area (Å²) in [5.74, 6) is 0.891. The molecule has 5 nitrogen and oxygen atoms in total. The Morgan fingerprint density at radius 3 is 2.90 bits per heavy atom. The van der Waals surface area contributed by atoms with Crippen LogP contribution >= 0.6 is 0 Å². The standard InChI is InChI=1S/C15H19N5/c1-4-7-11(2)19(3)14-15-18-16-10-20(15)13-9-6-5-8-12(13)17-14/h5-6,8-11H,4,7H2,1-3H3. The third-order valence-electron chi connectivity index (χ3n) is 3.82. The third kappa shape index (κ3) is 1.99. The molecule has 20 heavy (non-hydrogen) atoms. The molecule has 2 heterocycles. The van der Waals surface area contributed by atoms with E-state index in [0.29, 0.717) is 6.04 Å². The molecule has 0 N–H and O–H groups in total. The molecule has 1 unspecified atom stereocenters. The number of rotatable bonds is 4. The Bertz CT molecular complexity index is 733. The van der Waals surface area contributed by atoms with Crippen LogP contribution in [0.4, 0.5) is 5.82 Å². The molecule has 0 aliphatic carbocycles. The first-order valence-electron chi connectivity index (χ1n) is 7.03. The molecular formula is C15H19N5. The molecule has 3 rings (SSSR count). The Morgan fingerprint density at radius 2 is 2.10 bits per heavy atom. The van der Waals surface area contributed by atoms with Crippen molar-refractivity contribution in [2.75, 3.05) is 11.9 Å². The Balaban J connectivity index is 2.20. The maximum atomic E-state index is 4.78. The monoisotopic (exact) mass is 269 g/mol. The number of benzene rings is 1. The molecule has 5 heteroatoms. The van der Waals surface area contributed by atoms with E-state index in [4.69, 9.17) is 4.98 Å². The van der Waals surface area contributed by atoms with Gasteiger partial charge in [0.05, 0.1) is 11.0 Å². The van der Waals surface area contributed by atoms with Crippen molar-refractivity contribution in [1.82, 2.24) is 19.6 Å². The molecule has 0 bridgehead atoms. The Hall–Kier alpha value is -2.17. The SMILES string of the molecule is CCCC(C)N(C)c1nc2ccccc2n2cnnc12. The quantitative estimate of drug-likeness (QED) is 0.730. The van der Waals surface area contributed by atoms with E-state index in [1.54, 1.807) is 6.33 Å². The first kappa shape index (κ1) is 12.8. The van der Waals surface area contributed by atoms with Crippen molar-refractivity contribution in [2.24, 2.45) is 0 Å². The van der Waals surface area contributed by atoms with Gasteiger partial charge in [-0.25, -0.2) is 4.98 Å². The van der Waals surface area contributed by atoms with E-state index in [1.807, 2.05) is 28.7 Å². The molecule has 1 atom stereocenters. The molecule has 1 aromatic carbocycles. The molecule has 0 amide bonds. The van der Waals surface area contributed by atoms with Gasteiger partial charge in [-0.05, 0) is 25.5 Å². The van der Waals surface area contributed by atoms with Gasteiger partial charge in [0, 0.05) is 13.1 Å². The molecule has 0 saturated heterocycles. The van der Waals surface area contributed by atoms with Gasteiger partial charge in [0.25, 0.3) is 0 Å². The third-order valence-corrected chi connectivity index (χ3v) is 3.82. The van der Waals surface area contributed by atoms with E-state index in [2.05, 4.69) is 36.0 Å². The van der Waals surface area contributed by atoms with Gasteiger partial charge < -0.3 is 4.90 Å². The van der Waals surface area contributed by atoms with Crippen LogP contribution in [0.1, 0.15) is 26.7 Å². The van der Waals surface area contributed by atoms with Crippen LogP contribution in [0.5, 0.6) is 0 Å². The predicted molar refractivity (Wildman–Crippen MR) is 81.1 cm³/mol. The van der Waals surface area contributed by atoms with Gasteiger partial charge in [0.2, 0.25) is 5.65 Å². The number of hydrogen-bond acceptors (Lipinski definition) is 4. The van der Waals surface area contributed by atoms with Crippen LogP contribution in [-0.4, -0.2) is 32.7 Å². The first-order valence-corrected chi connectivity index (χ1v) is 7.03. The van der Waals surface area contributed by atoms with Crippen molar-refractivity contribution in [2.45, 2.75) is 32.7 Å². The minimum Gasteiger partial charge on any atom is -0.354 e. The summed E-state index contributed by atoms with van der Waals surface area (Å²) in [5.41, 5.74) is 2.81. The summed E-state index contributed by atoms with van der Waals surface area (Å²) in [6.45, 7) is 4.41. The molecule has 2 aromatic heterocycles. The fraction of sp³-hybridized carbons (Fsp3) is 0.400. The van der Waals surface area contributed by atoms with Crippen LogP contribution in [0.2, 0.25) is 0 Å². The minimum absolute atomic E-state index is 0.425. The largest absolute Gasteiger partial charge is 0.354 e. The zero-order chi connectivity index (χ0) is 14.1. The summed E-state index contributed by atoms with van der Waals surface area (Å²) in [7, 11) is 2.08. The average molecular weight is 269 g/mol. The maximum Gasteiger partial charge on any atom is 0.204 e. The van der Waals surface area contributed by atoms with Gasteiger partial charge in [0.1, 0.15) is 6.33 Å². The van der Waals surface area contributed by atoms with E-state index in [1.165, 1.54) is 0 Å². The molecule has 3 aromatic rings. The van der Waals surface area contributed by atoms with Gasteiger partial charge >= 0.3 is 0 Å². The maximum absolute atomic E-state index is 4.78. The van der Waals surface area contributed by atoms with E-state index < -0.39 is 0 Å². The molecule has 0 fully saturated rings. The van der Waals surface area contributed by atoms with Crippen molar-refractivity contribution in [1.29, 1.82) is 0 Å². The minimum atomic E-state index is 0.425. The van der Waals surface area contributed by atoms with Crippen LogP contribution in [0.25, 0.3) is 16.7 Å². The second-order valence-electron chi connectivity index (χ2n) is 5.20. The second-order valence-corrected chi connectivity index (χ2v) is 5.20. The van der Waals surface area contributed by atoms with Gasteiger partial charge in [-0.15, -0.1) is 10.2 Å². The Labute approximate surface area is 118 Å². The molecular weight excluding hydrogens is 250 g/mol. The van der Waals surface area contributed by atoms with Crippen LogP contribution in [0.15, 0.2) is 30.6 Å². The van der Waals surface area contributed by atoms with Crippen molar-refractivity contribution < 1.29 is 0 Å². The lowest BCUT2D eigenvalue weighted by atomic mass is 10.2. The van der Waals surface area contributed by atoms with Crippen LogP contribution < -0.4 is 4.90 Å². The van der Waals surface area contributed by atoms with Crippen molar-refractivity contribution >= 4 is 22.5 Å². The van der Waals surface area contributed by atoms with Crippen LogP contribution in [-0.2, 0) is 0 Å². The number of para-hydroxylation sites is 2. The highest BCUT2D eigenvalue weighted by atomic mass is 15.3. The van der Waals surface area contributed by atoms with E-state index in [-0.39, 0.29) is 0 Å². The summed E-state index contributed by atoms with van der Waals surface area (Å²) in [6.07, 6.45) is 4.04. The number of anilines is 1. The highest BCUT2D eigenvalue weighted by Gasteiger charge is 2.17. The topological polar surface area (TPSA) is 46.3 Å². The second kappa shape index (κ2) is 5.07. The fourth-order valence-corrected chi connectivity index (χ4v) is 2.55. The summed E-state index contributed by atoms with van der Waals surface area (Å²) in [4.78, 5) is 6.98. The van der Waals surface area contributed by atoms with Crippen LogP contribution in [0.3, 0.4) is 0 Å². The molecule has 0 aliphatic heterocycles. The van der Waals surface area contributed by atoms with Gasteiger partial charge in [0.15, 0.2) is 5.82 Å². The molecule has 0 radical (unpaired) electrons. The van der Waals surface area contributed by atoms with Crippen molar-refractivity contribution in [3.8, 4) is 0 Å². The van der Waals surface area contributed by atoms with Gasteiger partial charge in [-0.2, -0.15) is 0 Å². The number of aromatic nitrogens is 4. The van der Waals surface area contributed by atoms with E-state index >= 15 is 0 Å². The molecule has 0 aliphatic rings. The lowest BCUT2D eigenvalue weighted by Crippen LogP contribution is -2.30. The highest BCUT2D eigenvalue weighted by Crippen LogP contribution is 2.24. The normalized spacial score (nSPS) is 12.9. The Morgan fingerprint density at radius 1 is 1.30 bits per heavy atom. The zero-order valence-corrected chi connectivity index (χ0v) is 12.1. The summed E-state index contributed by atoms with van der Waals surface area (Å²) in [6, 6.07) is 8.50. The molecule has 0 saturated carbocycles. The predicted octanol–water partition coefficient (Wildman–Crippen LogP) is 2.90.